The van der Waals surface area contributed by atoms with Crippen molar-refractivity contribution in [3.63, 3.8) is 0 Å². The first kappa shape index (κ1) is 15.9. The van der Waals surface area contributed by atoms with Gasteiger partial charge in [0.05, 0.1) is 11.8 Å². The lowest BCUT2D eigenvalue weighted by Gasteiger charge is -2.25. The van der Waals surface area contributed by atoms with E-state index >= 15 is 0 Å². The molecule has 1 amide bonds. The number of aliphatic carboxylic acids is 1. The number of rotatable bonds is 6. The number of carboxylic acid groups (broad SMARTS) is 1. The van der Waals surface area contributed by atoms with Gasteiger partial charge >= 0.3 is 5.97 Å². The molecule has 0 aromatic carbocycles. The Bertz CT molecular complexity index is 394. The maximum Gasteiger partial charge on any atom is 0.307 e. The minimum Gasteiger partial charge on any atom is -0.481 e. The van der Waals surface area contributed by atoms with Gasteiger partial charge in [-0.1, -0.05) is 12.2 Å². The monoisotopic (exact) mass is 287 g/mol. The molecule has 0 heterocycles. The molecular weight excluding hydrogens is 266 g/mol. The molecule has 1 rings (SSSR count). The van der Waals surface area contributed by atoms with Crippen LogP contribution in [-0.4, -0.2) is 39.2 Å². The first-order valence-electron chi connectivity index (χ1n) is 6.40. The number of carboxylic acids is 1. The van der Waals surface area contributed by atoms with Crippen LogP contribution in [0, 0.1) is 11.8 Å². The lowest BCUT2D eigenvalue weighted by Crippen LogP contribution is -2.42. The Labute approximate surface area is 115 Å². The summed E-state index contributed by atoms with van der Waals surface area (Å²) in [6.07, 6.45) is 6.80. The Hall–Kier alpha value is -1.17. The highest BCUT2D eigenvalue weighted by molar-refractivity contribution is 7.84. The van der Waals surface area contributed by atoms with Crippen molar-refractivity contribution in [2.45, 2.75) is 32.2 Å². The highest BCUT2D eigenvalue weighted by Crippen LogP contribution is 2.26. The van der Waals surface area contributed by atoms with E-state index in [0.717, 1.165) is 0 Å². The largest absolute Gasteiger partial charge is 0.481 e. The van der Waals surface area contributed by atoms with Crippen molar-refractivity contribution < 1.29 is 18.9 Å². The number of amides is 1. The molecule has 0 saturated heterocycles. The molecule has 1 aliphatic carbocycles. The summed E-state index contributed by atoms with van der Waals surface area (Å²) in [5.41, 5.74) is 0. The van der Waals surface area contributed by atoms with E-state index < -0.39 is 28.6 Å². The molecule has 4 unspecified atom stereocenters. The Morgan fingerprint density at radius 1 is 1.37 bits per heavy atom. The molecule has 6 heteroatoms. The molecule has 5 nitrogen and oxygen atoms in total. The lowest BCUT2D eigenvalue weighted by atomic mass is 9.82. The summed E-state index contributed by atoms with van der Waals surface area (Å²) < 4.78 is 11.0. The van der Waals surface area contributed by atoms with Gasteiger partial charge in [-0.05, 0) is 26.2 Å². The van der Waals surface area contributed by atoms with Crippen molar-refractivity contribution in [2.75, 3.05) is 12.0 Å². The van der Waals surface area contributed by atoms with E-state index in [1.54, 1.807) is 6.26 Å². The van der Waals surface area contributed by atoms with Crippen LogP contribution >= 0.6 is 0 Å². The summed E-state index contributed by atoms with van der Waals surface area (Å²) in [6, 6.07) is -0.0863. The quantitative estimate of drug-likeness (QED) is 0.712. The van der Waals surface area contributed by atoms with Crippen LogP contribution < -0.4 is 5.32 Å². The SMILES string of the molecule is CC(CCS(C)=O)NC(=O)C1CC=CCC1C(=O)O. The van der Waals surface area contributed by atoms with Gasteiger partial charge in [0.1, 0.15) is 0 Å². The number of carbonyl (C=O) groups excluding carboxylic acids is 1. The fourth-order valence-corrected chi connectivity index (χ4v) is 2.83. The number of hydrogen-bond donors (Lipinski definition) is 2. The topological polar surface area (TPSA) is 83.5 Å². The molecule has 0 radical (unpaired) electrons. The van der Waals surface area contributed by atoms with Gasteiger partial charge in [0, 0.05) is 28.9 Å². The maximum absolute atomic E-state index is 12.1. The van der Waals surface area contributed by atoms with Crippen LogP contribution in [-0.2, 0) is 20.4 Å². The Balaban J connectivity index is 2.53. The smallest absolute Gasteiger partial charge is 0.307 e. The minimum absolute atomic E-state index is 0.0863. The van der Waals surface area contributed by atoms with Crippen LogP contribution in [0.3, 0.4) is 0 Å². The van der Waals surface area contributed by atoms with Crippen molar-refractivity contribution in [1.82, 2.24) is 5.32 Å². The minimum atomic E-state index is -0.924. The fraction of sp³-hybridized carbons (Fsp3) is 0.692. The third kappa shape index (κ3) is 5.14. The second-order valence-electron chi connectivity index (χ2n) is 4.97. The Morgan fingerprint density at radius 2 is 1.95 bits per heavy atom. The molecule has 2 N–H and O–H groups in total. The molecular formula is C13H21NO4S. The van der Waals surface area contributed by atoms with E-state index in [9.17, 15) is 13.8 Å². The zero-order valence-corrected chi connectivity index (χ0v) is 12.1. The summed E-state index contributed by atoms with van der Waals surface area (Å²) in [5, 5.41) is 11.9. The third-order valence-electron chi connectivity index (χ3n) is 3.31. The summed E-state index contributed by atoms with van der Waals surface area (Å²) in [4.78, 5) is 23.2. The third-order valence-corrected chi connectivity index (χ3v) is 4.12. The zero-order chi connectivity index (χ0) is 14.4. The first-order chi connectivity index (χ1) is 8.91. The van der Waals surface area contributed by atoms with Crippen molar-refractivity contribution in [1.29, 1.82) is 0 Å². The van der Waals surface area contributed by atoms with Gasteiger partial charge in [0.25, 0.3) is 0 Å². The molecule has 0 aliphatic heterocycles. The van der Waals surface area contributed by atoms with E-state index in [0.29, 0.717) is 25.0 Å². The Kier molecular flexibility index (Phi) is 6.21. The van der Waals surface area contributed by atoms with Gasteiger partial charge in [-0.25, -0.2) is 0 Å². The van der Waals surface area contributed by atoms with Crippen LogP contribution in [0.25, 0.3) is 0 Å². The van der Waals surface area contributed by atoms with Crippen LogP contribution in [0.5, 0.6) is 0 Å². The van der Waals surface area contributed by atoms with Crippen molar-refractivity contribution in [2.24, 2.45) is 11.8 Å². The molecule has 0 aromatic heterocycles. The molecule has 4 atom stereocenters. The number of allylic oxidation sites excluding steroid dienone is 2. The second kappa shape index (κ2) is 7.43. The zero-order valence-electron chi connectivity index (χ0n) is 11.3. The van der Waals surface area contributed by atoms with Crippen molar-refractivity contribution in [3.05, 3.63) is 12.2 Å². The van der Waals surface area contributed by atoms with Gasteiger partial charge in [-0.2, -0.15) is 0 Å². The molecule has 0 bridgehead atoms. The molecule has 0 fully saturated rings. The summed E-state index contributed by atoms with van der Waals surface area (Å²) >= 11 is 0. The average Bonchev–Trinajstić information content (AvgIpc) is 2.36. The summed E-state index contributed by atoms with van der Waals surface area (Å²) in [5.74, 6) is -1.75. The van der Waals surface area contributed by atoms with E-state index in [1.165, 1.54) is 0 Å². The van der Waals surface area contributed by atoms with Gasteiger partial charge in [0.15, 0.2) is 0 Å². The Morgan fingerprint density at radius 3 is 2.47 bits per heavy atom. The highest BCUT2D eigenvalue weighted by Gasteiger charge is 2.34. The van der Waals surface area contributed by atoms with Crippen LogP contribution in [0.4, 0.5) is 0 Å². The molecule has 0 aromatic rings. The molecule has 0 saturated carbocycles. The summed E-state index contributed by atoms with van der Waals surface area (Å²) in [7, 11) is -0.877. The molecule has 108 valence electrons. The van der Waals surface area contributed by atoms with Crippen molar-refractivity contribution >= 4 is 22.7 Å². The predicted octanol–water partition coefficient (Wildman–Crippen LogP) is 0.927. The number of nitrogens with one attached hydrogen (secondary N) is 1. The van der Waals surface area contributed by atoms with Crippen molar-refractivity contribution in [3.8, 4) is 0 Å². The van der Waals surface area contributed by atoms with Crippen LogP contribution in [0.2, 0.25) is 0 Å². The van der Waals surface area contributed by atoms with E-state index in [2.05, 4.69) is 5.32 Å². The molecule has 0 spiro atoms. The van der Waals surface area contributed by atoms with E-state index in [1.807, 2.05) is 19.1 Å². The fourth-order valence-electron chi connectivity index (χ4n) is 2.14. The van der Waals surface area contributed by atoms with Gasteiger partial charge in [-0.3, -0.25) is 13.8 Å². The lowest BCUT2D eigenvalue weighted by molar-refractivity contribution is -0.147. The number of carbonyl (C=O) groups is 2. The average molecular weight is 287 g/mol. The number of hydrogen-bond acceptors (Lipinski definition) is 3. The normalized spacial score (nSPS) is 25.6. The highest BCUT2D eigenvalue weighted by atomic mass is 32.2. The van der Waals surface area contributed by atoms with E-state index in [-0.39, 0.29) is 11.9 Å². The standard InChI is InChI=1S/C13H21NO4S/c1-9(7-8-19(2)18)14-12(15)10-5-3-4-6-11(10)13(16)17/h3-4,9-11H,5-8H2,1-2H3,(H,14,15)(H,16,17). The maximum atomic E-state index is 12.1. The van der Waals surface area contributed by atoms with Gasteiger partial charge in [0.2, 0.25) is 5.91 Å². The van der Waals surface area contributed by atoms with Gasteiger partial charge in [-0.15, -0.1) is 0 Å². The van der Waals surface area contributed by atoms with Crippen LogP contribution in [0.1, 0.15) is 26.2 Å². The molecule has 19 heavy (non-hydrogen) atoms. The molecule has 1 aliphatic rings. The van der Waals surface area contributed by atoms with E-state index in [4.69, 9.17) is 5.11 Å². The predicted molar refractivity (Wildman–Crippen MR) is 74.1 cm³/mol. The first-order valence-corrected chi connectivity index (χ1v) is 8.12. The van der Waals surface area contributed by atoms with Crippen LogP contribution in [0.15, 0.2) is 12.2 Å². The van der Waals surface area contributed by atoms with Gasteiger partial charge < -0.3 is 10.4 Å². The summed E-state index contributed by atoms with van der Waals surface area (Å²) in [6.45, 7) is 1.85. The second-order valence-corrected chi connectivity index (χ2v) is 6.52.